The minimum Gasteiger partial charge on any atom is -0.481 e. The van der Waals surface area contributed by atoms with Crippen LogP contribution in [0, 0.1) is 5.92 Å². The Morgan fingerprint density at radius 3 is 2.03 bits per heavy atom. The maximum absolute atomic E-state index is 13.1. The van der Waals surface area contributed by atoms with Gasteiger partial charge in [-0.05, 0) is 5.92 Å². The van der Waals surface area contributed by atoms with Crippen molar-refractivity contribution in [3.8, 4) is 0 Å². The number of H-pyrrole nitrogens is 1. The molecule has 0 saturated carbocycles. The molecule has 0 spiro atoms. The Balaban J connectivity index is 3.09. The molecular formula is C20H30N6O9. The Hall–Kier alpha value is -4.01. The molecule has 0 aliphatic carbocycles. The average Bonchev–Trinajstić information content (AvgIpc) is 3.27. The van der Waals surface area contributed by atoms with Crippen LogP contribution in [0.2, 0.25) is 0 Å². The van der Waals surface area contributed by atoms with Gasteiger partial charge in [0, 0.05) is 18.3 Å². The number of hydrogen-bond donors (Lipinski definition) is 8. The van der Waals surface area contributed by atoms with Crippen LogP contribution in [0.5, 0.6) is 0 Å². The average molecular weight is 498 g/mol. The highest BCUT2D eigenvalue weighted by Gasteiger charge is 2.33. The Morgan fingerprint density at radius 2 is 1.54 bits per heavy atom. The number of amides is 3. The van der Waals surface area contributed by atoms with Crippen LogP contribution in [-0.2, 0) is 35.2 Å². The van der Waals surface area contributed by atoms with Crippen molar-refractivity contribution in [1.82, 2.24) is 25.9 Å². The van der Waals surface area contributed by atoms with Gasteiger partial charge in [-0.2, -0.15) is 0 Å². The molecule has 15 nitrogen and oxygen atoms in total. The summed E-state index contributed by atoms with van der Waals surface area (Å²) in [7, 11) is 0. The second-order valence-corrected chi connectivity index (χ2v) is 7.92. The lowest BCUT2D eigenvalue weighted by Crippen LogP contribution is -2.59. The van der Waals surface area contributed by atoms with Crippen LogP contribution in [0.1, 0.15) is 38.8 Å². The number of carbonyl (C=O) groups excluding carboxylic acids is 3. The van der Waals surface area contributed by atoms with Crippen molar-refractivity contribution in [3.05, 3.63) is 18.2 Å². The van der Waals surface area contributed by atoms with E-state index < -0.39 is 78.6 Å². The lowest BCUT2D eigenvalue weighted by molar-refractivity contribution is -0.147. The molecule has 5 unspecified atom stereocenters. The highest BCUT2D eigenvalue weighted by atomic mass is 16.4. The number of aromatic amines is 1. The molecule has 1 aromatic rings. The molecule has 0 bridgehead atoms. The van der Waals surface area contributed by atoms with Crippen LogP contribution >= 0.6 is 0 Å². The maximum Gasteiger partial charge on any atom is 0.326 e. The molecule has 9 N–H and O–H groups in total. The normalized spacial score (nSPS) is 15.1. The summed E-state index contributed by atoms with van der Waals surface area (Å²) < 4.78 is 0. The van der Waals surface area contributed by atoms with Gasteiger partial charge in [0.2, 0.25) is 17.7 Å². The van der Waals surface area contributed by atoms with E-state index in [9.17, 15) is 33.9 Å². The number of aromatic nitrogens is 2. The Morgan fingerprint density at radius 1 is 0.943 bits per heavy atom. The van der Waals surface area contributed by atoms with Crippen molar-refractivity contribution in [3.63, 3.8) is 0 Å². The standard InChI is InChI=1S/C20H30N6O9/c1-3-9(2)16(19(33)25-13(20(34)35)6-15(29)30)26-18(32)12(4-10-7-22-8-23-10)24-17(31)11(21)5-14(27)28/h7-9,11-13,16H,3-6,21H2,1-2H3,(H,22,23)(H,24,31)(H,25,33)(H,26,32)(H,27,28)(H,29,30)(H,34,35). The molecule has 3 amide bonds. The molecule has 1 heterocycles. The molecule has 0 fully saturated rings. The van der Waals surface area contributed by atoms with E-state index in [2.05, 4.69) is 25.9 Å². The van der Waals surface area contributed by atoms with Crippen LogP contribution in [0.25, 0.3) is 0 Å². The predicted molar refractivity (Wildman–Crippen MR) is 118 cm³/mol. The highest BCUT2D eigenvalue weighted by Crippen LogP contribution is 2.10. The smallest absolute Gasteiger partial charge is 0.326 e. The third-order valence-electron chi connectivity index (χ3n) is 5.13. The molecule has 0 aromatic carbocycles. The lowest BCUT2D eigenvalue weighted by Gasteiger charge is -2.27. The van der Waals surface area contributed by atoms with Crippen LogP contribution in [-0.4, -0.2) is 85.1 Å². The number of nitrogens with one attached hydrogen (secondary N) is 4. The summed E-state index contributed by atoms with van der Waals surface area (Å²) in [5.74, 6) is -7.49. The zero-order valence-electron chi connectivity index (χ0n) is 19.2. The minimum atomic E-state index is -1.72. The molecule has 0 radical (unpaired) electrons. The van der Waals surface area contributed by atoms with E-state index >= 15 is 0 Å². The molecule has 1 aromatic heterocycles. The van der Waals surface area contributed by atoms with E-state index in [1.165, 1.54) is 12.5 Å². The first-order chi connectivity index (χ1) is 16.3. The summed E-state index contributed by atoms with van der Waals surface area (Å²) in [6, 6.07) is -5.73. The number of hydrogen-bond acceptors (Lipinski definition) is 8. The van der Waals surface area contributed by atoms with Gasteiger partial charge in [0.15, 0.2) is 0 Å². The Bertz CT molecular complexity index is 920. The third-order valence-corrected chi connectivity index (χ3v) is 5.13. The SMILES string of the molecule is CCC(C)C(NC(=O)C(Cc1cnc[nH]1)NC(=O)C(N)CC(=O)O)C(=O)NC(CC(=O)O)C(=O)O. The fourth-order valence-corrected chi connectivity index (χ4v) is 2.98. The Labute approximate surface area is 199 Å². The van der Waals surface area contributed by atoms with Gasteiger partial charge in [-0.3, -0.25) is 24.0 Å². The lowest BCUT2D eigenvalue weighted by atomic mass is 9.97. The van der Waals surface area contributed by atoms with Gasteiger partial charge in [0.1, 0.15) is 18.1 Å². The molecule has 1 rings (SSSR count). The molecule has 0 aliphatic rings. The fraction of sp³-hybridized carbons (Fsp3) is 0.550. The van der Waals surface area contributed by atoms with Gasteiger partial charge >= 0.3 is 17.9 Å². The Kier molecular flexibility index (Phi) is 11.3. The van der Waals surface area contributed by atoms with E-state index in [0.717, 1.165) is 0 Å². The number of carboxylic acids is 3. The zero-order valence-corrected chi connectivity index (χ0v) is 19.2. The first kappa shape index (κ1) is 29.0. The van der Waals surface area contributed by atoms with Crippen LogP contribution in [0.15, 0.2) is 12.5 Å². The second-order valence-electron chi connectivity index (χ2n) is 7.92. The van der Waals surface area contributed by atoms with E-state index in [0.29, 0.717) is 12.1 Å². The summed E-state index contributed by atoms with van der Waals surface area (Å²) in [6.07, 6.45) is 1.46. The summed E-state index contributed by atoms with van der Waals surface area (Å²) in [6.45, 7) is 3.33. The second kappa shape index (κ2) is 13.6. The van der Waals surface area contributed by atoms with Crippen molar-refractivity contribution in [2.45, 2.75) is 63.7 Å². The summed E-state index contributed by atoms with van der Waals surface area (Å²) >= 11 is 0. The quantitative estimate of drug-likeness (QED) is 0.129. The van der Waals surface area contributed by atoms with Crippen LogP contribution < -0.4 is 21.7 Å². The van der Waals surface area contributed by atoms with Crippen molar-refractivity contribution in [2.75, 3.05) is 0 Å². The van der Waals surface area contributed by atoms with Gasteiger partial charge in [0.25, 0.3) is 0 Å². The molecule has 0 saturated heterocycles. The number of aliphatic carboxylic acids is 3. The maximum atomic E-state index is 13.1. The third kappa shape index (κ3) is 9.79. The zero-order chi connectivity index (χ0) is 26.7. The van der Waals surface area contributed by atoms with Gasteiger partial charge in [0.05, 0.1) is 25.2 Å². The molecule has 5 atom stereocenters. The van der Waals surface area contributed by atoms with Gasteiger partial charge in [-0.15, -0.1) is 0 Å². The topological polar surface area (TPSA) is 254 Å². The summed E-state index contributed by atoms with van der Waals surface area (Å²) in [5.41, 5.74) is 6.01. The van der Waals surface area contributed by atoms with Gasteiger partial charge in [-0.1, -0.05) is 20.3 Å². The molecule has 15 heteroatoms. The first-order valence-electron chi connectivity index (χ1n) is 10.7. The highest BCUT2D eigenvalue weighted by molar-refractivity contribution is 5.95. The van der Waals surface area contributed by atoms with Crippen LogP contribution in [0.3, 0.4) is 0 Å². The summed E-state index contributed by atoms with van der Waals surface area (Å²) in [4.78, 5) is 77.9. The van der Waals surface area contributed by atoms with E-state index in [4.69, 9.17) is 15.9 Å². The van der Waals surface area contributed by atoms with Crippen molar-refractivity contribution >= 4 is 35.6 Å². The van der Waals surface area contributed by atoms with E-state index in [-0.39, 0.29) is 6.42 Å². The molecular weight excluding hydrogens is 468 g/mol. The van der Waals surface area contributed by atoms with Crippen LogP contribution in [0.4, 0.5) is 0 Å². The monoisotopic (exact) mass is 498 g/mol. The number of rotatable bonds is 15. The minimum absolute atomic E-state index is 0.108. The molecule has 194 valence electrons. The molecule has 0 aliphatic heterocycles. The first-order valence-corrected chi connectivity index (χ1v) is 10.7. The van der Waals surface area contributed by atoms with Gasteiger partial charge < -0.3 is 42.0 Å². The molecule has 35 heavy (non-hydrogen) atoms. The van der Waals surface area contributed by atoms with Crippen molar-refractivity contribution in [1.29, 1.82) is 0 Å². The largest absolute Gasteiger partial charge is 0.481 e. The van der Waals surface area contributed by atoms with Crippen molar-refractivity contribution < 1.29 is 44.1 Å². The fourth-order valence-electron chi connectivity index (χ4n) is 2.98. The number of nitrogens with zero attached hydrogens (tertiary/aromatic N) is 1. The van der Waals surface area contributed by atoms with Crippen molar-refractivity contribution in [2.24, 2.45) is 11.7 Å². The number of nitrogens with two attached hydrogens (primary N) is 1. The number of carboxylic acid groups (broad SMARTS) is 3. The number of imidazole rings is 1. The predicted octanol–water partition coefficient (Wildman–Crippen LogP) is -2.19. The van der Waals surface area contributed by atoms with Gasteiger partial charge in [-0.25, -0.2) is 9.78 Å². The van der Waals surface area contributed by atoms with E-state index in [1.807, 2.05) is 0 Å². The number of carbonyl (C=O) groups is 6. The van der Waals surface area contributed by atoms with E-state index in [1.54, 1.807) is 13.8 Å². The summed E-state index contributed by atoms with van der Waals surface area (Å²) in [5, 5.41) is 33.9.